The number of amides is 2. The third-order valence-electron chi connectivity index (χ3n) is 3.61. The summed E-state index contributed by atoms with van der Waals surface area (Å²) in [6.07, 6.45) is 2.43. The SMILES string of the molecule is CCCCN(C)C(=O)Cc1csc(-c2ccc(NC(C)=O)cc2)n1. The summed E-state index contributed by atoms with van der Waals surface area (Å²) in [4.78, 5) is 29.5. The van der Waals surface area contributed by atoms with Crippen molar-refractivity contribution in [2.45, 2.75) is 33.1 Å². The number of benzene rings is 1. The van der Waals surface area contributed by atoms with Crippen LogP contribution < -0.4 is 5.32 Å². The number of thiazole rings is 1. The largest absolute Gasteiger partial charge is 0.345 e. The second kappa shape index (κ2) is 8.59. The van der Waals surface area contributed by atoms with Crippen LogP contribution in [0.5, 0.6) is 0 Å². The van der Waals surface area contributed by atoms with Gasteiger partial charge in [-0.2, -0.15) is 0 Å². The molecule has 24 heavy (non-hydrogen) atoms. The Hall–Kier alpha value is -2.21. The molecule has 0 unspecified atom stereocenters. The molecule has 0 bridgehead atoms. The molecule has 2 rings (SSSR count). The second-order valence-corrected chi connectivity index (χ2v) is 6.61. The van der Waals surface area contributed by atoms with E-state index in [4.69, 9.17) is 0 Å². The minimum Gasteiger partial charge on any atom is -0.345 e. The molecule has 1 aromatic heterocycles. The molecule has 2 amide bonds. The Balaban J connectivity index is 1.99. The Morgan fingerprint density at radius 1 is 1.25 bits per heavy atom. The smallest absolute Gasteiger partial charge is 0.228 e. The predicted octanol–water partition coefficient (Wildman–Crippen LogP) is 3.57. The zero-order chi connectivity index (χ0) is 17.5. The number of aromatic nitrogens is 1. The van der Waals surface area contributed by atoms with E-state index in [1.54, 1.807) is 4.90 Å². The van der Waals surface area contributed by atoms with Crippen LogP contribution in [0.3, 0.4) is 0 Å². The van der Waals surface area contributed by atoms with Crippen molar-refractivity contribution in [2.75, 3.05) is 18.9 Å². The number of likely N-dealkylation sites (N-methyl/N-ethyl adjacent to an activating group) is 1. The number of carbonyl (C=O) groups is 2. The summed E-state index contributed by atoms with van der Waals surface area (Å²) >= 11 is 1.52. The lowest BCUT2D eigenvalue weighted by molar-refractivity contribution is -0.129. The van der Waals surface area contributed by atoms with E-state index in [1.807, 2.05) is 36.7 Å². The fourth-order valence-electron chi connectivity index (χ4n) is 2.23. The molecule has 0 fully saturated rings. The molecule has 0 atom stereocenters. The van der Waals surface area contributed by atoms with Gasteiger partial charge in [0, 0.05) is 37.1 Å². The molecule has 0 saturated carbocycles. The molecule has 1 heterocycles. The van der Waals surface area contributed by atoms with Gasteiger partial charge in [-0.25, -0.2) is 4.98 Å². The molecule has 0 radical (unpaired) electrons. The highest BCUT2D eigenvalue weighted by atomic mass is 32.1. The molecule has 0 aliphatic carbocycles. The maximum atomic E-state index is 12.2. The molecule has 1 N–H and O–H groups in total. The van der Waals surface area contributed by atoms with E-state index in [0.29, 0.717) is 6.42 Å². The summed E-state index contributed by atoms with van der Waals surface area (Å²) in [5, 5.41) is 5.55. The van der Waals surface area contributed by atoms with Gasteiger partial charge < -0.3 is 10.2 Å². The first-order chi connectivity index (χ1) is 11.5. The number of anilines is 1. The van der Waals surface area contributed by atoms with Crippen LogP contribution in [0.4, 0.5) is 5.69 Å². The van der Waals surface area contributed by atoms with Gasteiger partial charge in [0.15, 0.2) is 0 Å². The molecule has 5 nitrogen and oxygen atoms in total. The van der Waals surface area contributed by atoms with Gasteiger partial charge in [0.05, 0.1) is 12.1 Å². The van der Waals surface area contributed by atoms with Gasteiger partial charge in [-0.1, -0.05) is 13.3 Å². The zero-order valence-electron chi connectivity index (χ0n) is 14.3. The third-order valence-corrected chi connectivity index (χ3v) is 4.55. The van der Waals surface area contributed by atoms with Crippen molar-refractivity contribution in [3.05, 3.63) is 35.3 Å². The quantitative estimate of drug-likeness (QED) is 0.834. The van der Waals surface area contributed by atoms with Crippen molar-refractivity contribution < 1.29 is 9.59 Å². The maximum absolute atomic E-state index is 12.2. The Morgan fingerprint density at radius 2 is 1.96 bits per heavy atom. The van der Waals surface area contributed by atoms with Crippen LogP contribution in [0, 0.1) is 0 Å². The molecular weight excluding hydrogens is 322 g/mol. The van der Waals surface area contributed by atoms with Crippen molar-refractivity contribution in [2.24, 2.45) is 0 Å². The first-order valence-corrected chi connectivity index (χ1v) is 8.94. The molecule has 128 valence electrons. The van der Waals surface area contributed by atoms with E-state index in [1.165, 1.54) is 18.3 Å². The fourth-order valence-corrected chi connectivity index (χ4v) is 3.06. The van der Waals surface area contributed by atoms with Gasteiger partial charge in [0.1, 0.15) is 5.01 Å². The van der Waals surface area contributed by atoms with Crippen molar-refractivity contribution >= 4 is 28.8 Å². The highest BCUT2D eigenvalue weighted by Gasteiger charge is 2.12. The average molecular weight is 345 g/mol. The van der Waals surface area contributed by atoms with Gasteiger partial charge in [-0.15, -0.1) is 11.3 Å². The number of nitrogens with zero attached hydrogens (tertiary/aromatic N) is 2. The number of hydrogen-bond donors (Lipinski definition) is 1. The summed E-state index contributed by atoms with van der Waals surface area (Å²) < 4.78 is 0. The minimum atomic E-state index is -0.0926. The number of rotatable bonds is 7. The molecule has 6 heteroatoms. The Bertz CT molecular complexity index is 695. The van der Waals surface area contributed by atoms with Crippen molar-refractivity contribution in [1.82, 2.24) is 9.88 Å². The zero-order valence-corrected chi connectivity index (χ0v) is 15.2. The Morgan fingerprint density at radius 3 is 2.58 bits per heavy atom. The van der Waals surface area contributed by atoms with Crippen molar-refractivity contribution in [1.29, 1.82) is 0 Å². The van der Waals surface area contributed by atoms with Crippen molar-refractivity contribution in [3.8, 4) is 10.6 Å². The minimum absolute atomic E-state index is 0.0926. The first kappa shape index (κ1) is 18.1. The van der Waals surface area contributed by atoms with Crippen LogP contribution in [-0.2, 0) is 16.0 Å². The summed E-state index contributed by atoms with van der Waals surface area (Å²) in [5.41, 5.74) is 2.54. The average Bonchev–Trinajstić information content (AvgIpc) is 3.01. The summed E-state index contributed by atoms with van der Waals surface area (Å²) in [5.74, 6) is 0.00583. The predicted molar refractivity (Wildman–Crippen MR) is 98.1 cm³/mol. The normalized spacial score (nSPS) is 10.5. The molecule has 0 aliphatic heterocycles. The lowest BCUT2D eigenvalue weighted by atomic mass is 10.2. The first-order valence-electron chi connectivity index (χ1n) is 8.06. The van der Waals surface area contributed by atoms with E-state index < -0.39 is 0 Å². The van der Waals surface area contributed by atoms with Crippen LogP contribution in [-0.4, -0.2) is 35.3 Å². The molecule has 0 aliphatic rings. The fraction of sp³-hybridized carbons (Fsp3) is 0.389. The topological polar surface area (TPSA) is 62.3 Å². The van der Waals surface area contributed by atoms with Crippen LogP contribution in [0.1, 0.15) is 32.4 Å². The van der Waals surface area contributed by atoms with Crippen LogP contribution in [0.2, 0.25) is 0 Å². The summed E-state index contributed by atoms with van der Waals surface area (Å²) in [6.45, 7) is 4.38. The van der Waals surface area contributed by atoms with E-state index >= 15 is 0 Å². The van der Waals surface area contributed by atoms with E-state index in [0.717, 1.165) is 41.3 Å². The van der Waals surface area contributed by atoms with Gasteiger partial charge in [0.2, 0.25) is 11.8 Å². The summed E-state index contributed by atoms with van der Waals surface area (Å²) in [7, 11) is 1.84. The number of hydrogen-bond acceptors (Lipinski definition) is 4. The maximum Gasteiger partial charge on any atom is 0.228 e. The molecular formula is C18H23N3O2S. The standard InChI is InChI=1S/C18H23N3O2S/c1-4-5-10-21(3)17(23)11-16-12-24-18(20-16)14-6-8-15(9-7-14)19-13(2)22/h6-9,12H,4-5,10-11H2,1-3H3,(H,19,22). The monoisotopic (exact) mass is 345 g/mol. The highest BCUT2D eigenvalue weighted by Crippen LogP contribution is 2.25. The molecule has 0 spiro atoms. The van der Waals surface area contributed by atoms with Crippen LogP contribution >= 0.6 is 11.3 Å². The Kier molecular flexibility index (Phi) is 6.49. The molecule has 2 aromatic rings. The highest BCUT2D eigenvalue weighted by molar-refractivity contribution is 7.13. The van der Waals surface area contributed by atoms with E-state index in [9.17, 15) is 9.59 Å². The van der Waals surface area contributed by atoms with Gasteiger partial charge in [-0.05, 0) is 30.7 Å². The lowest BCUT2D eigenvalue weighted by Gasteiger charge is -2.15. The second-order valence-electron chi connectivity index (χ2n) is 5.75. The van der Waals surface area contributed by atoms with Gasteiger partial charge >= 0.3 is 0 Å². The van der Waals surface area contributed by atoms with Crippen molar-refractivity contribution in [3.63, 3.8) is 0 Å². The number of unbranched alkanes of at least 4 members (excludes halogenated alkanes) is 1. The van der Waals surface area contributed by atoms with Gasteiger partial charge in [0.25, 0.3) is 0 Å². The summed E-state index contributed by atoms with van der Waals surface area (Å²) in [6, 6.07) is 7.54. The van der Waals surface area contributed by atoms with Gasteiger partial charge in [-0.3, -0.25) is 9.59 Å². The lowest BCUT2D eigenvalue weighted by Crippen LogP contribution is -2.29. The van der Waals surface area contributed by atoms with Crippen LogP contribution in [0.15, 0.2) is 29.6 Å². The molecule has 1 aromatic carbocycles. The third kappa shape index (κ3) is 5.16. The van der Waals surface area contributed by atoms with Crippen LogP contribution in [0.25, 0.3) is 10.6 Å². The van der Waals surface area contributed by atoms with E-state index in [2.05, 4.69) is 17.2 Å². The van der Waals surface area contributed by atoms with E-state index in [-0.39, 0.29) is 11.8 Å². The Labute approximate surface area is 146 Å². The number of nitrogens with one attached hydrogen (secondary N) is 1. The number of carbonyl (C=O) groups excluding carboxylic acids is 2. The molecule has 0 saturated heterocycles.